The van der Waals surface area contributed by atoms with Crippen LogP contribution in [0.5, 0.6) is 0 Å². The second-order valence-electron chi connectivity index (χ2n) is 2.36. The lowest BCUT2D eigenvalue weighted by Crippen LogP contribution is -2.11. The summed E-state index contributed by atoms with van der Waals surface area (Å²) in [6, 6.07) is 0. The lowest BCUT2D eigenvalue weighted by molar-refractivity contribution is 0.479. The van der Waals surface area contributed by atoms with Gasteiger partial charge in [-0.25, -0.2) is 4.98 Å². The topological polar surface area (TPSA) is 30.7 Å². The minimum Gasteiger partial charge on any atom is -0.250 e. The molecule has 0 fully saturated rings. The summed E-state index contributed by atoms with van der Waals surface area (Å²) in [7, 11) is 0. The minimum atomic E-state index is 1.06. The molecule has 1 aromatic rings. The van der Waals surface area contributed by atoms with Crippen molar-refractivity contribution in [2.45, 2.75) is 39.7 Å². The predicted molar refractivity (Wildman–Crippen MR) is 44.3 cm³/mol. The number of aromatic nitrogens is 3. The standard InChI is InChI=1S/C6H9N3.C2H6/c1-2-4-9-6(3-1)7-5-8-9;1-2/h5H,1-4H2;1-2H3. The van der Waals surface area contributed by atoms with Crippen molar-refractivity contribution in [2.75, 3.05) is 0 Å². The number of fused-ring (bicyclic) bond motifs is 1. The van der Waals surface area contributed by atoms with Gasteiger partial charge in [0.25, 0.3) is 0 Å². The Bertz CT molecular complexity index is 184. The van der Waals surface area contributed by atoms with Crippen LogP contribution in [0.4, 0.5) is 0 Å². The molecule has 0 aliphatic carbocycles. The van der Waals surface area contributed by atoms with Gasteiger partial charge in [-0.05, 0) is 12.8 Å². The maximum atomic E-state index is 4.11. The fourth-order valence-corrected chi connectivity index (χ4v) is 1.21. The molecule has 3 heteroatoms. The van der Waals surface area contributed by atoms with E-state index < -0.39 is 0 Å². The van der Waals surface area contributed by atoms with Crippen LogP contribution in [-0.4, -0.2) is 14.8 Å². The zero-order valence-electron chi connectivity index (χ0n) is 7.25. The SMILES string of the molecule is CC.c1nc2n(n1)CCCC2. The molecule has 0 atom stereocenters. The van der Waals surface area contributed by atoms with Crippen LogP contribution in [0, 0.1) is 0 Å². The molecule has 1 aliphatic rings. The van der Waals surface area contributed by atoms with Crippen molar-refractivity contribution in [3.8, 4) is 0 Å². The number of hydrogen-bond acceptors (Lipinski definition) is 2. The Labute approximate surface area is 67.4 Å². The summed E-state index contributed by atoms with van der Waals surface area (Å²) in [5, 5.41) is 4.06. The van der Waals surface area contributed by atoms with Crippen LogP contribution in [0.3, 0.4) is 0 Å². The number of rotatable bonds is 0. The normalized spacial score (nSPS) is 14.7. The molecule has 2 rings (SSSR count). The molecule has 1 aliphatic heterocycles. The molecule has 1 aromatic heterocycles. The van der Waals surface area contributed by atoms with Crippen molar-refractivity contribution < 1.29 is 0 Å². The maximum absolute atomic E-state index is 4.11. The molecule has 0 amide bonds. The quantitative estimate of drug-likeness (QED) is 0.567. The van der Waals surface area contributed by atoms with Gasteiger partial charge in [-0.1, -0.05) is 13.8 Å². The molecule has 2 heterocycles. The first-order valence-corrected chi connectivity index (χ1v) is 4.33. The average molecular weight is 153 g/mol. The second-order valence-corrected chi connectivity index (χ2v) is 2.36. The first kappa shape index (κ1) is 8.24. The lowest BCUT2D eigenvalue weighted by Gasteiger charge is -2.09. The van der Waals surface area contributed by atoms with Crippen molar-refractivity contribution in [1.29, 1.82) is 0 Å². The van der Waals surface area contributed by atoms with Gasteiger partial charge in [0.15, 0.2) is 0 Å². The highest BCUT2D eigenvalue weighted by Gasteiger charge is 2.07. The highest BCUT2D eigenvalue weighted by atomic mass is 15.3. The van der Waals surface area contributed by atoms with Gasteiger partial charge in [-0.2, -0.15) is 5.10 Å². The highest BCUT2D eigenvalue weighted by molar-refractivity contribution is 4.87. The van der Waals surface area contributed by atoms with Crippen LogP contribution in [-0.2, 0) is 13.0 Å². The van der Waals surface area contributed by atoms with Crippen LogP contribution >= 0.6 is 0 Å². The Morgan fingerprint density at radius 3 is 2.91 bits per heavy atom. The third-order valence-corrected chi connectivity index (χ3v) is 1.72. The van der Waals surface area contributed by atoms with Gasteiger partial charge in [-0.3, -0.25) is 4.68 Å². The van der Waals surface area contributed by atoms with E-state index in [1.807, 2.05) is 18.5 Å². The zero-order valence-corrected chi connectivity index (χ0v) is 7.25. The van der Waals surface area contributed by atoms with Gasteiger partial charge in [0.05, 0.1) is 0 Å². The molecule has 0 N–H and O–H groups in total. The first-order chi connectivity index (χ1) is 5.47. The Hall–Kier alpha value is -0.860. The summed E-state index contributed by atoms with van der Waals surface area (Å²) in [5.74, 6) is 1.15. The van der Waals surface area contributed by atoms with Crippen LogP contribution in [0.25, 0.3) is 0 Å². The maximum Gasteiger partial charge on any atom is 0.138 e. The summed E-state index contributed by atoms with van der Waals surface area (Å²) in [6.45, 7) is 5.06. The molecule has 0 aromatic carbocycles. The number of nitrogens with zero attached hydrogens (tertiary/aromatic N) is 3. The molecule has 0 unspecified atom stereocenters. The monoisotopic (exact) mass is 153 g/mol. The summed E-state index contributed by atoms with van der Waals surface area (Å²) in [4.78, 5) is 4.11. The van der Waals surface area contributed by atoms with E-state index >= 15 is 0 Å². The molecule has 0 saturated heterocycles. The summed E-state index contributed by atoms with van der Waals surface area (Å²) in [6.07, 6.45) is 5.29. The molecule has 3 nitrogen and oxygen atoms in total. The van der Waals surface area contributed by atoms with E-state index in [2.05, 4.69) is 10.1 Å². The van der Waals surface area contributed by atoms with E-state index in [1.54, 1.807) is 6.33 Å². The van der Waals surface area contributed by atoms with E-state index in [0.29, 0.717) is 0 Å². The van der Waals surface area contributed by atoms with E-state index in [0.717, 1.165) is 18.8 Å². The molecule has 0 bridgehead atoms. The van der Waals surface area contributed by atoms with Crippen molar-refractivity contribution in [2.24, 2.45) is 0 Å². The first-order valence-electron chi connectivity index (χ1n) is 4.33. The number of aryl methyl sites for hydroxylation is 2. The van der Waals surface area contributed by atoms with Gasteiger partial charge in [0.1, 0.15) is 12.2 Å². The molecular weight excluding hydrogens is 138 g/mol. The molecular formula is C8H15N3. The van der Waals surface area contributed by atoms with E-state index in [1.165, 1.54) is 12.8 Å². The van der Waals surface area contributed by atoms with Gasteiger partial charge in [0, 0.05) is 13.0 Å². The third kappa shape index (κ3) is 1.79. The Balaban J connectivity index is 0.000000281. The minimum absolute atomic E-state index is 1.06. The lowest BCUT2D eigenvalue weighted by atomic mass is 10.2. The van der Waals surface area contributed by atoms with Gasteiger partial charge < -0.3 is 0 Å². The fraction of sp³-hybridized carbons (Fsp3) is 0.750. The van der Waals surface area contributed by atoms with Crippen molar-refractivity contribution in [3.63, 3.8) is 0 Å². The summed E-state index contributed by atoms with van der Waals surface area (Å²) < 4.78 is 1.99. The van der Waals surface area contributed by atoms with Crippen molar-refractivity contribution in [3.05, 3.63) is 12.2 Å². The Morgan fingerprint density at radius 2 is 2.18 bits per heavy atom. The van der Waals surface area contributed by atoms with Crippen molar-refractivity contribution >= 4 is 0 Å². The molecule has 0 spiro atoms. The predicted octanol–water partition coefficient (Wildman–Crippen LogP) is 1.64. The Kier molecular flexibility index (Phi) is 3.08. The summed E-state index contributed by atoms with van der Waals surface area (Å²) in [5.41, 5.74) is 0. The summed E-state index contributed by atoms with van der Waals surface area (Å²) >= 11 is 0. The van der Waals surface area contributed by atoms with Gasteiger partial charge in [0.2, 0.25) is 0 Å². The third-order valence-electron chi connectivity index (χ3n) is 1.72. The average Bonchev–Trinajstić information content (AvgIpc) is 2.55. The highest BCUT2D eigenvalue weighted by Crippen LogP contribution is 2.08. The fourth-order valence-electron chi connectivity index (χ4n) is 1.21. The van der Waals surface area contributed by atoms with Crippen LogP contribution in [0.2, 0.25) is 0 Å². The number of hydrogen-bond donors (Lipinski definition) is 0. The molecule has 0 radical (unpaired) electrons. The van der Waals surface area contributed by atoms with E-state index in [-0.39, 0.29) is 0 Å². The van der Waals surface area contributed by atoms with Crippen LogP contribution in [0.1, 0.15) is 32.5 Å². The zero-order chi connectivity index (χ0) is 8.10. The second kappa shape index (κ2) is 4.11. The van der Waals surface area contributed by atoms with Crippen molar-refractivity contribution in [1.82, 2.24) is 14.8 Å². The molecule has 62 valence electrons. The largest absolute Gasteiger partial charge is 0.250 e. The Morgan fingerprint density at radius 1 is 1.36 bits per heavy atom. The molecule has 0 saturated carbocycles. The van der Waals surface area contributed by atoms with E-state index in [9.17, 15) is 0 Å². The van der Waals surface area contributed by atoms with Crippen LogP contribution in [0.15, 0.2) is 6.33 Å². The van der Waals surface area contributed by atoms with Gasteiger partial charge >= 0.3 is 0 Å². The van der Waals surface area contributed by atoms with Gasteiger partial charge in [-0.15, -0.1) is 0 Å². The smallest absolute Gasteiger partial charge is 0.138 e. The van der Waals surface area contributed by atoms with E-state index in [4.69, 9.17) is 0 Å². The van der Waals surface area contributed by atoms with Crippen LogP contribution < -0.4 is 0 Å². The molecule has 11 heavy (non-hydrogen) atoms.